The van der Waals surface area contributed by atoms with Crippen LogP contribution in [0.5, 0.6) is 0 Å². The minimum atomic E-state index is -0.122. The first-order valence-electron chi connectivity index (χ1n) is 7.44. The molecule has 0 bridgehead atoms. The summed E-state index contributed by atoms with van der Waals surface area (Å²) >= 11 is 0. The van der Waals surface area contributed by atoms with Crippen molar-refractivity contribution in [2.24, 2.45) is 5.92 Å². The molecule has 2 fully saturated rings. The lowest BCUT2D eigenvalue weighted by molar-refractivity contribution is 0.0436. The smallest absolute Gasteiger partial charge is 0.0667 e. The third kappa shape index (κ3) is 4.50. The Hall–Kier alpha value is -0.160. The lowest BCUT2D eigenvalue weighted by Gasteiger charge is -2.35. The molecule has 18 heavy (non-hydrogen) atoms. The zero-order chi connectivity index (χ0) is 13.0. The van der Waals surface area contributed by atoms with Crippen LogP contribution < -0.4 is 0 Å². The van der Waals surface area contributed by atoms with Gasteiger partial charge in [0, 0.05) is 26.2 Å². The summed E-state index contributed by atoms with van der Waals surface area (Å²) in [4.78, 5) is 4.78. The molecule has 4 heteroatoms. The van der Waals surface area contributed by atoms with Crippen LogP contribution in [0, 0.1) is 5.92 Å². The SMILES string of the molecule is CC(CN1CCCC(O)C1)CN1CCCC(O)C1. The van der Waals surface area contributed by atoms with E-state index in [4.69, 9.17) is 0 Å². The maximum atomic E-state index is 9.66. The molecule has 0 aromatic carbocycles. The van der Waals surface area contributed by atoms with E-state index in [1.165, 1.54) is 0 Å². The van der Waals surface area contributed by atoms with Gasteiger partial charge in [-0.15, -0.1) is 0 Å². The number of hydrogen-bond donors (Lipinski definition) is 2. The van der Waals surface area contributed by atoms with Crippen LogP contribution in [0.4, 0.5) is 0 Å². The number of rotatable bonds is 4. The van der Waals surface area contributed by atoms with Crippen molar-refractivity contribution in [1.29, 1.82) is 0 Å². The number of piperidine rings is 2. The van der Waals surface area contributed by atoms with Gasteiger partial charge in [0.1, 0.15) is 0 Å². The van der Waals surface area contributed by atoms with Crippen molar-refractivity contribution in [2.75, 3.05) is 39.3 Å². The zero-order valence-electron chi connectivity index (χ0n) is 11.6. The highest BCUT2D eigenvalue weighted by Gasteiger charge is 2.22. The third-order valence-corrected chi connectivity index (χ3v) is 4.10. The fourth-order valence-corrected chi connectivity index (χ4v) is 3.33. The van der Waals surface area contributed by atoms with Crippen molar-refractivity contribution < 1.29 is 10.2 Å². The highest BCUT2D eigenvalue weighted by atomic mass is 16.3. The molecule has 2 saturated heterocycles. The molecule has 2 aliphatic rings. The van der Waals surface area contributed by atoms with E-state index in [1.807, 2.05) is 0 Å². The molecule has 2 atom stereocenters. The van der Waals surface area contributed by atoms with Crippen molar-refractivity contribution in [3.05, 3.63) is 0 Å². The summed E-state index contributed by atoms with van der Waals surface area (Å²) in [6.07, 6.45) is 3.92. The predicted octanol–water partition coefficient (Wildman–Crippen LogP) is 0.536. The maximum Gasteiger partial charge on any atom is 0.0667 e. The molecule has 4 nitrogen and oxygen atoms in total. The number of β-amino-alcohol motifs (C(OH)–C–C–N with tert-alkyl or cyclic N) is 2. The number of likely N-dealkylation sites (tertiary alicyclic amines) is 2. The lowest BCUT2D eigenvalue weighted by Crippen LogP contribution is -2.45. The van der Waals surface area contributed by atoms with E-state index in [2.05, 4.69) is 16.7 Å². The normalized spacial score (nSPS) is 33.5. The molecule has 2 aliphatic heterocycles. The van der Waals surface area contributed by atoms with E-state index in [0.29, 0.717) is 5.92 Å². The Kier molecular flexibility index (Phi) is 5.42. The van der Waals surface area contributed by atoms with E-state index >= 15 is 0 Å². The second-order valence-corrected chi connectivity index (χ2v) is 6.22. The predicted molar refractivity (Wildman–Crippen MR) is 72.5 cm³/mol. The average Bonchev–Trinajstić information content (AvgIpc) is 2.28. The van der Waals surface area contributed by atoms with Gasteiger partial charge in [0.25, 0.3) is 0 Å². The van der Waals surface area contributed by atoms with Gasteiger partial charge in [0.05, 0.1) is 12.2 Å². The van der Waals surface area contributed by atoms with Gasteiger partial charge in [0.2, 0.25) is 0 Å². The van der Waals surface area contributed by atoms with E-state index in [0.717, 1.165) is 65.0 Å². The zero-order valence-corrected chi connectivity index (χ0v) is 11.6. The van der Waals surface area contributed by atoms with Crippen molar-refractivity contribution in [1.82, 2.24) is 9.80 Å². The largest absolute Gasteiger partial charge is 0.392 e. The van der Waals surface area contributed by atoms with Gasteiger partial charge in [-0.3, -0.25) is 0 Å². The van der Waals surface area contributed by atoms with E-state index in [-0.39, 0.29) is 12.2 Å². The average molecular weight is 256 g/mol. The summed E-state index contributed by atoms with van der Waals surface area (Å²) in [6, 6.07) is 0. The maximum absolute atomic E-state index is 9.66. The van der Waals surface area contributed by atoms with Crippen LogP contribution in [0.15, 0.2) is 0 Å². The minimum absolute atomic E-state index is 0.122. The van der Waals surface area contributed by atoms with Crippen LogP contribution in [0.1, 0.15) is 32.6 Å². The first-order valence-corrected chi connectivity index (χ1v) is 7.44. The van der Waals surface area contributed by atoms with Gasteiger partial charge in [-0.05, 0) is 44.7 Å². The molecule has 0 aromatic heterocycles. The highest BCUT2D eigenvalue weighted by Crippen LogP contribution is 2.15. The molecule has 106 valence electrons. The van der Waals surface area contributed by atoms with Gasteiger partial charge >= 0.3 is 0 Å². The summed E-state index contributed by atoms with van der Waals surface area (Å²) in [5.74, 6) is 0.612. The Bertz CT molecular complexity index is 226. The Morgan fingerprint density at radius 3 is 1.78 bits per heavy atom. The Morgan fingerprint density at radius 1 is 0.944 bits per heavy atom. The molecule has 0 amide bonds. The molecule has 2 unspecified atom stereocenters. The van der Waals surface area contributed by atoms with Crippen molar-refractivity contribution >= 4 is 0 Å². The van der Waals surface area contributed by atoms with Crippen LogP contribution in [-0.2, 0) is 0 Å². The summed E-state index contributed by atoms with van der Waals surface area (Å²) < 4.78 is 0. The first kappa shape index (κ1) is 14.3. The van der Waals surface area contributed by atoms with Gasteiger partial charge < -0.3 is 20.0 Å². The van der Waals surface area contributed by atoms with Crippen LogP contribution >= 0.6 is 0 Å². The first-order chi connectivity index (χ1) is 8.63. The van der Waals surface area contributed by atoms with Crippen LogP contribution in [0.25, 0.3) is 0 Å². The molecular formula is C14H28N2O2. The van der Waals surface area contributed by atoms with Gasteiger partial charge in [-0.1, -0.05) is 6.92 Å². The van der Waals surface area contributed by atoms with Crippen LogP contribution in [0.3, 0.4) is 0 Å². The van der Waals surface area contributed by atoms with Gasteiger partial charge in [-0.2, -0.15) is 0 Å². The second kappa shape index (κ2) is 6.85. The van der Waals surface area contributed by atoms with Gasteiger partial charge in [-0.25, -0.2) is 0 Å². The quantitative estimate of drug-likeness (QED) is 0.770. The molecule has 0 radical (unpaired) electrons. The topological polar surface area (TPSA) is 46.9 Å². The molecule has 0 saturated carbocycles. The molecule has 2 rings (SSSR count). The number of aliphatic hydroxyl groups is 2. The highest BCUT2D eigenvalue weighted by molar-refractivity contribution is 4.77. The molecule has 2 N–H and O–H groups in total. The summed E-state index contributed by atoms with van der Waals surface area (Å²) in [7, 11) is 0. The molecule has 0 spiro atoms. The Morgan fingerprint density at radius 2 is 1.39 bits per heavy atom. The van der Waals surface area contributed by atoms with E-state index < -0.39 is 0 Å². The lowest BCUT2D eigenvalue weighted by atomic mass is 10.0. The van der Waals surface area contributed by atoms with E-state index in [9.17, 15) is 10.2 Å². The van der Waals surface area contributed by atoms with Crippen molar-refractivity contribution in [2.45, 2.75) is 44.8 Å². The molecule has 0 aromatic rings. The number of hydrogen-bond acceptors (Lipinski definition) is 4. The number of nitrogens with zero attached hydrogens (tertiary/aromatic N) is 2. The van der Waals surface area contributed by atoms with E-state index in [1.54, 1.807) is 0 Å². The fraction of sp³-hybridized carbons (Fsp3) is 1.00. The summed E-state index contributed by atoms with van der Waals surface area (Å²) in [5, 5.41) is 19.3. The molecule has 0 aliphatic carbocycles. The second-order valence-electron chi connectivity index (χ2n) is 6.22. The standard InChI is InChI=1S/C14H28N2O2/c1-12(8-15-6-2-4-13(17)10-15)9-16-7-3-5-14(18)11-16/h12-14,17-18H,2-11H2,1H3. The summed E-state index contributed by atoms with van der Waals surface area (Å²) in [5.41, 5.74) is 0. The van der Waals surface area contributed by atoms with Gasteiger partial charge in [0.15, 0.2) is 0 Å². The molecule has 2 heterocycles. The van der Waals surface area contributed by atoms with Crippen LogP contribution in [0.2, 0.25) is 0 Å². The number of aliphatic hydroxyl groups excluding tert-OH is 2. The monoisotopic (exact) mass is 256 g/mol. The van der Waals surface area contributed by atoms with Crippen molar-refractivity contribution in [3.8, 4) is 0 Å². The Balaban J connectivity index is 1.69. The third-order valence-electron chi connectivity index (χ3n) is 4.10. The van der Waals surface area contributed by atoms with Crippen molar-refractivity contribution in [3.63, 3.8) is 0 Å². The molecular weight excluding hydrogens is 228 g/mol. The minimum Gasteiger partial charge on any atom is -0.392 e. The Labute approximate surface area is 111 Å². The fourth-order valence-electron chi connectivity index (χ4n) is 3.33. The summed E-state index contributed by atoms with van der Waals surface area (Å²) in [6.45, 7) is 8.36. The van der Waals surface area contributed by atoms with Crippen LogP contribution in [-0.4, -0.2) is 71.5 Å².